The van der Waals surface area contributed by atoms with E-state index in [4.69, 9.17) is 21.4 Å². The molecule has 1 heterocycles. The Bertz CT molecular complexity index is 1000. The van der Waals surface area contributed by atoms with Crippen molar-refractivity contribution in [2.45, 2.75) is 30.7 Å². The zero-order chi connectivity index (χ0) is 22.5. The van der Waals surface area contributed by atoms with E-state index < -0.39 is 34.2 Å². The van der Waals surface area contributed by atoms with Gasteiger partial charge in [0.1, 0.15) is 17.2 Å². The molecule has 1 aromatic carbocycles. The number of nitrogens with one attached hydrogen (secondary N) is 1. The van der Waals surface area contributed by atoms with Crippen LogP contribution in [0.5, 0.6) is 0 Å². The molecule has 1 aromatic heterocycles. The molecule has 30 heavy (non-hydrogen) atoms. The van der Waals surface area contributed by atoms with Crippen LogP contribution in [0.25, 0.3) is 10.6 Å². The molecule has 0 aliphatic carbocycles. The maximum Gasteiger partial charge on any atom is 0.410 e. The summed E-state index contributed by atoms with van der Waals surface area (Å²) in [4.78, 5) is 24.0. The average Bonchev–Trinajstić information content (AvgIpc) is 3.10. The highest BCUT2D eigenvalue weighted by molar-refractivity contribution is 7.91. The van der Waals surface area contributed by atoms with Gasteiger partial charge in [0.2, 0.25) is 4.34 Å². The maximum atomic E-state index is 12.5. The van der Waals surface area contributed by atoms with Gasteiger partial charge in [-0.15, -0.1) is 10.2 Å². The standard InChI is InChI=1S/C17H21ClN4O6S2/c1-17(2,3)28-16(25)22(10-13(23)24)9-8-19-30(26,27)15-21-20-14(29-15)11-4-6-12(18)7-5-11/h4-7,19H,8-10H2,1-3H3,(H,23,24). The van der Waals surface area contributed by atoms with Crippen molar-refractivity contribution in [2.75, 3.05) is 19.6 Å². The summed E-state index contributed by atoms with van der Waals surface area (Å²) in [5.74, 6) is -1.25. The largest absolute Gasteiger partial charge is 0.480 e. The molecule has 2 N–H and O–H groups in total. The second-order valence-corrected chi connectivity index (χ2v) is 10.4. The molecule has 0 saturated heterocycles. The summed E-state index contributed by atoms with van der Waals surface area (Å²) >= 11 is 6.70. The highest BCUT2D eigenvalue weighted by Crippen LogP contribution is 2.26. The molecule has 0 fully saturated rings. The Labute approximate surface area is 182 Å². The van der Waals surface area contributed by atoms with Crippen molar-refractivity contribution in [3.05, 3.63) is 29.3 Å². The van der Waals surface area contributed by atoms with Gasteiger partial charge in [0.15, 0.2) is 0 Å². The first kappa shape index (κ1) is 24.0. The van der Waals surface area contributed by atoms with E-state index in [0.717, 1.165) is 16.2 Å². The number of hydrogen-bond donors (Lipinski definition) is 2. The van der Waals surface area contributed by atoms with E-state index in [1.807, 2.05) is 0 Å². The van der Waals surface area contributed by atoms with Crippen molar-refractivity contribution in [1.82, 2.24) is 19.8 Å². The summed E-state index contributed by atoms with van der Waals surface area (Å²) in [6, 6.07) is 6.69. The number of aromatic nitrogens is 2. The number of ether oxygens (including phenoxy) is 1. The Morgan fingerprint density at radius 1 is 1.23 bits per heavy atom. The molecule has 1 amide bonds. The van der Waals surface area contributed by atoms with Gasteiger partial charge < -0.3 is 9.84 Å². The minimum absolute atomic E-state index is 0.205. The van der Waals surface area contributed by atoms with Crippen LogP contribution in [0.3, 0.4) is 0 Å². The summed E-state index contributed by atoms with van der Waals surface area (Å²) in [6.07, 6.45) is -0.856. The molecule has 0 aliphatic heterocycles. The predicted molar refractivity (Wildman–Crippen MR) is 111 cm³/mol. The highest BCUT2D eigenvalue weighted by Gasteiger charge is 2.25. The predicted octanol–water partition coefficient (Wildman–Crippen LogP) is 2.46. The van der Waals surface area contributed by atoms with Crippen LogP contribution in [0.2, 0.25) is 5.02 Å². The molecule has 164 valence electrons. The van der Waals surface area contributed by atoms with Crippen LogP contribution >= 0.6 is 22.9 Å². The number of sulfonamides is 1. The fourth-order valence-corrected chi connectivity index (χ4v) is 4.32. The summed E-state index contributed by atoms with van der Waals surface area (Å²) in [5.41, 5.74) is -0.159. The first-order valence-electron chi connectivity index (χ1n) is 8.66. The monoisotopic (exact) mass is 476 g/mol. The molecule has 0 saturated carbocycles. The molecule has 2 rings (SSSR count). The second kappa shape index (κ2) is 9.69. The maximum absolute atomic E-state index is 12.5. The van der Waals surface area contributed by atoms with E-state index >= 15 is 0 Å². The number of carbonyl (C=O) groups is 2. The summed E-state index contributed by atoms with van der Waals surface area (Å²) in [6.45, 7) is 3.85. The molecule has 0 atom stereocenters. The first-order chi connectivity index (χ1) is 13.9. The number of carbonyl (C=O) groups excluding carboxylic acids is 1. The number of halogens is 1. The SMILES string of the molecule is CC(C)(C)OC(=O)N(CCNS(=O)(=O)c1nnc(-c2ccc(Cl)cc2)s1)CC(=O)O. The van der Waals surface area contributed by atoms with E-state index in [2.05, 4.69) is 14.9 Å². The Morgan fingerprint density at radius 3 is 2.43 bits per heavy atom. The van der Waals surface area contributed by atoms with Gasteiger partial charge in [-0.1, -0.05) is 35.1 Å². The van der Waals surface area contributed by atoms with Crippen molar-refractivity contribution >= 4 is 45.0 Å². The molecule has 0 unspecified atom stereocenters. The lowest BCUT2D eigenvalue weighted by molar-refractivity contribution is -0.138. The van der Waals surface area contributed by atoms with Gasteiger partial charge >= 0.3 is 12.1 Å². The first-order valence-corrected chi connectivity index (χ1v) is 11.3. The lowest BCUT2D eigenvalue weighted by Gasteiger charge is -2.26. The third-order valence-electron chi connectivity index (χ3n) is 3.38. The summed E-state index contributed by atoms with van der Waals surface area (Å²) in [5, 5.41) is 17.5. The lowest BCUT2D eigenvalue weighted by atomic mass is 10.2. The van der Waals surface area contributed by atoms with Crippen molar-refractivity contribution < 1.29 is 27.9 Å². The Morgan fingerprint density at radius 2 is 1.87 bits per heavy atom. The van der Waals surface area contributed by atoms with Crippen molar-refractivity contribution in [3.8, 4) is 10.6 Å². The number of nitrogens with zero attached hydrogens (tertiary/aromatic N) is 3. The van der Waals surface area contributed by atoms with Gasteiger partial charge in [0.25, 0.3) is 10.0 Å². The number of carboxylic acid groups (broad SMARTS) is 1. The number of rotatable bonds is 8. The van der Waals surface area contributed by atoms with Crippen LogP contribution in [0.15, 0.2) is 28.6 Å². The van der Waals surface area contributed by atoms with Crippen molar-refractivity contribution in [1.29, 1.82) is 0 Å². The second-order valence-electron chi connectivity index (χ2n) is 7.07. The number of amides is 1. The van der Waals surface area contributed by atoms with Crippen LogP contribution in [-0.4, -0.2) is 65.9 Å². The zero-order valence-electron chi connectivity index (χ0n) is 16.5. The molecule has 13 heteroatoms. The third-order valence-corrected chi connectivity index (χ3v) is 6.43. The number of carboxylic acids is 1. The average molecular weight is 477 g/mol. The van der Waals surface area contributed by atoms with E-state index in [-0.39, 0.29) is 17.4 Å². The number of benzene rings is 1. The van der Waals surface area contributed by atoms with Gasteiger partial charge in [-0.05, 0) is 32.9 Å². The minimum atomic E-state index is -4.00. The van der Waals surface area contributed by atoms with Crippen LogP contribution < -0.4 is 4.72 Å². The molecule has 10 nitrogen and oxygen atoms in total. The normalized spacial score (nSPS) is 11.9. The van der Waals surface area contributed by atoms with Crippen LogP contribution in [0, 0.1) is 0 Å². The van der Waals surface area contributed by atoms with Crippen LogP contribution in [0.4, 0.5) is 4.79 Å². The summed E-state index contributed by atoms with van der Waals surface area (Å²) < 4.78 is 32.1. The van der Waals surface area contributed by atoms with Crippen LogP contribution in [-0.2, 0) is 19.6 Å². The molecule has 0 bridgehead atoms. The van der Waals surface area contributed by atoms with E-state index in [1.54, 1.807) is 45.0 Å². The Balaban J connectivity index is 2.03. The fraction of sp³-hybridized carbons (Fsp3) is 0.412. The van der Waals surface area contributed by atoms with Gasteiger partial charge in [0.05, 0.1) is 0 Å². The highest BCUT2D eigenvalue weighted by atomic mass is 35.5. The van der Waals surface area contributed by atoms with Crippen LogP contribution in [0.1, 0.15) is 20.8 Å². The quantitative estimate of drug-likeness (QED) is 0.592. The summed E-state index contributed by atoms with van der Waals surface area (Å²) in [7, 11) is -4.00. The number of aliphatic carboxylic acids is 1. The topological polar surface area (TPSA) is 139 Å². The zero-order valence-corrected chi connectivity index (χ0v) is 18.8. The molecule has 2 aromatic rings. The van der Waals surface area contributed by atoms with E-state index in [9.17, 15) is 18.0 Å². The Kier molecular flexibility index (Phi) is 7.75. The van der Waals surface area contributed by atoms with E-state index in [0.29, 0.717) is 15.6 Å². The third kappa shape index (κ3) is 7.20. The molecule has 0 radical (unpaired) electrons. The minimum Gasteiger partial charge on any atom is -0.480 e. The van der Waals surface area contributed by atoms with Gasteiger partial charge in [-0.3, -0.25) is 9.69 Å². The fourth-order valence-electron chi connectivity index (χ4n) is 2.13. The Hall–Kier alpha value is -2.28. The lowest BCUT2D eigenvalue weighted by Crippen LogP contribution is -2.43. The number of hydrogen-bond acceptors (Lipinski definition) is 8. The van der Waals surface area contributed by atoms with Crippen molar-refractivity contribution in [3.63, 3.8) is 0 Å². The van der Waals surface area contributed by atoms with Gasteiger partial charge in [0, 0.05) is 23.7 Å². The molecule has 0 spiro atoms. The van der Waals surface area contributed by atoms with Gasteiger partial charge in [-0.2, -0.15) is 0 Å². The van der Waals surface area contributed by atoms with E-state index in [1.165, 1.54) is 0 Å². The molecular weight excluding hydrogens is 456 g/mol. The molecular formula is C17H21ClN4O6S2. The molecule has 0 aliphatic rings. The smallest absolute Gasteiger partial charge is 0.410 e. The van der Waals surface area contributed by atoms with Crippen molar-refractivity contribution in [2.24, 2.45) is 0 Å². The van der Waals surface area contributed by atoms with Gasteiger partial charge in [-0.25, -0.2) is 17.9 Å².